The lowest BCUT2D eigenvalue weighted by Crippen LogP contribution is -2.60. The largest absolute Gasteiger partial charge is 0.370 e. The second-order valence-corrected chi connectivity index (χ2v) is 19.6. The summed E-state index contributed by atoms with van der Waals surface area (Å²) in [5.41, 5.74) is 93.9. The standard InChI is InChI=1S/C47H95N31O9/c48-24(8-1-17-65-41(51)52)34(81)73-26(10-3-19-67-43(55)56)36(83)75-28(12-5-21-69-45(59)60)37(84)76-30(14-7-23-71-47(63)64)39(86)78-31(15-16-32(49)79)40(87)77-29(13-6-22-70-46(61)62)38(85)74-27(11-4-20-68-44(57)58)35(82)72-25(33(50)80)9-2-18-66-42(53)54/h24-31H,1-23,48H2,(H2,49,79)(H2,50,80)(H,72,82)(H,73,81)(H,74,85)(H,75,83)(H,76,84)(H,77,87)(H,78,86)(H4,51,52,65)(H4,53,54,66)(H4,55,56,67)(H4,57,58,68)(H4,59,60,69)(H4,61,62,70)(H4,63,64,71)/t24-,25-,26-,27-,28-,29-,30-,31-/m0/s1. The number of hydrogen-bond acceptors (Lipinski definition) is 17. The Morgan fingerprint density at radius 3 is 0.644 bits per heavy atom. The van der Waals surface area contributed by atoms with Crippen molar-refractivity contribution in [3.8, 4) is 0 Å². The summed E-state index contributed by atoms with van der Waals surface area (Å²) in [5, 5.41) is 18.0. The van der Waals surface area contributed by atoms with E-state index in [1.165, 1.54) is 0 Å². The van der Waals surface area contributed by atoms with Crippen LogP contribution in [0.25, 0.3) is 0 Å². The van der Waals surface area contributed by atoms with Gasteiger partial charge in [-0.1, -0.05) is 0 Å². The number of amides is 9. The molecule has 0 heterocycles. The molecule has 0 radical (unpaired) electrons. The minimum absolute atomic E-state index is 0.000326. The molecular formula is C47H95N31O9. The normalized spacial score (nSPS) is 13.3. The summed E-state index contributed by atoms with van der Waals surface area (Å²) in [5.74, 6) is -9.91. The summed E-state index contributed by atoms with van der Waals surface area (Å²) in [6.45, 7) is 0.192. The zero-order valence-electron chi connectivity index (χ0n) is 49.0. The van der Waals surface area contributed by atoms with Crippen LogP contribution in [0.2, 0.25) is 0 Å². The van der Waals surface area contributed by atoms with Gasteiger partial charge in [0.25, 0.3) is 0 Å². The molecule has 40 heteroatoms. The van der Waals surface area contributed by atoms with Crippen LogP contribution in [0, 0.1) is 0 Å². The number of nitrogens with zero attached hydrogens (tertiary/aromatic N) is 7. The van der Waals surface area contributed by atoms with E-state index in [1.54, 1.807) is 0 Å². The van der Waals surface area contributed by atoms with Crippen LogP contribution in [-0.2, 0) is 43.2 Å². The Balaban J connectivity index is 7.35. The van der Waals surface area contributed by atoms with Crippen LogP contribution in [0.4, 0.5) is 0 Å². The van der Waals surface area contributed by atoms with Crippen LogP contribution in [-0.4, -0.2) is 189 Å². The summed E-state index contributed by atoms with van der Waals surface area (Å²) in [6.07, 6.45) is -0.640. The number of carbonyl (C=O) groups is 9. The van der Waals surface area contributed by atoms with Gasteiger partial charge in [0.1, 0.15) is 42.3 Å². The van der Waals surface area contributed by atoms with Crippen molar-refractivity contribution < 1.29 is 43.2 Å². The van der Waals surface area contributed by atoms with Gasteiger partial charge in [-0.25, -0.2) is 0 Å². The predicted octanol–water partition coefficient (Wildman–Crippen LogP) is -12.2. The molecular weight excluding hydrogens is 1140 g/mol. The maximum atomic E-state index is 14.5. The highest BCUT2D eigenvalue weighted by Crippen LogP contribution is 2.11. The van der Waals surface area contributed by atoms with Gasteiger partial charge in [0.15, 0.2) is 41.7 Å². The molecule has 0 aromatic rings. The number of nitrogens with two attached hydrogens (primary N) is 17. The molecule has 9 amide bonds. The van der Waals surface area contributed by atoms with Gasteiger partial charge >= 0.3 is 0 Å². The van der Waals surface area contributed by atoms with E-state index >= 15 is 0 Å². The van der Waals surface area contributed by atoms with Crippen molar-refractivity contribution in [3.05, 3.63) is 0 Å². The average molecular weight is 1240 g/mol. The molecule has 41 N–H and O–H groups in total. The van der Waals surface area contributed by atoms with Gasteiger partial charge in [-0.15, -0.1) is 0 Å². The third-order valence-corrected chi connectivity index (χ3v) is 12.1. The number of aliphatic imine (C=N–C) groups is 7. The molecule has 0 unspecified atom stereocenters. The first kappa shape index (κ1) is 77.1. The number of rotatable bonds is 46. The maximum Gasteiger partial charge on any atom is 0.243 e. The Morgan fingerprint density at radius 1 is 0.253 bits per heavy atom. The van der Waals surface area contributed by atoms with E-state index in [1.807, 2.05) is 0 Å². The second kappa shape index (κ2) is 43.7. The SMILES string of the molecule is NC(=O)CC[C@H](NC(=O)[C@H](CCCN=C(N)N)NC(=O)[C@H](CCCN=C(N)N)NC(=O)[C@H](CCCN=C(N)N)NC(=O)[C@@H](N)CCCN=C(N)N)C(=O)N[C@@H](CCCN=C(N)N)C(=O)N[C@@H](CCCN=C(N)N)C(=O)N[C@@H](CCCN=C(N)N)C(N)=O. The fourth-order valence-electron chi connectivity index (χ4n) is 7.77. The topological polar surface area (TPSA) is 767 Å². The second-order valence-electron chi connectivity index (χ2n) is 19.6. The van der Waals surface area contributed by atoms with E-state index in [9.17, 15) is 43.2 Å². The molecule has 492 valence electrons. The lowest BCUT2D eigenvalue weighted by Gasteiger charge is -2.28. The molecule has 0 saturated heterocycles. The van der Waals surface area contributed by atoms with E-state index in [2.05, 4.69) is 72.2 Å². The monoisotopic (exact) mass is 1240 g/mol. The molecule has 0 saturated carbocycles. The van der Waals surface area contributed by atoms with Crippen molar-refractivity contribution in [2.24, 2.45) is 132 Å². The summed E-state index contributed by atoms with van der Waals surface area (Å²) in [7, 11) is 0. The fourth-order valence-corrected chi connectivity index (χ4v) is 7.77. The average Bonchev–Trinajstić information content (AvgIpc) is 2.90. The Bertz CT molecular complexity index is 2420. The zero-order chi connectivity index (χ0) is 66.0. The van der Waals surface area contributed by atoms with E-state index in [-0.39, 0.29) is 171 Å². The first-order valence-corrected chi connectivity index (χ1v) is 27.8. The molecule has 0 aromatic carbocycles. The predicted molar refractivity (Wildman–Crippen MR) is 328 cm³/mol. The van der Waals surface area contributed by atoms with Crippen molar-refractivity contribution >= 4 is 94.9 Å². The number of primary amides is 2. The molecule has 0 aliphatic heterocycles. The highest BCUT2D eigenvalue weighted by molar-refractivity contribution is 5.98. The Hall–Kier alpha value is -9.92. The minimum atomic E-state index is -1.67. The zero-order valence-corrected chi connectivity index (χ0v) is 49.0. The number of nitrogens with one attached hydrogen (secondary N) is 7. The van der Waals surface area contributed by atoms with Gasteiger partial charge < -0.3 is 135 Å². The molecule has 87 heavy (non-hydrogen) atoms. The molecule has 0 aliphatic rings. The Kier molecular flexibility index (Phi) is 38.7. The van der Waals surface area contributed by atoms with Crippen molar-refractivity contribution in [2.45, 2.75) is 151 Å². The Morgan fingerprint density at radius 2 is 0.437 bits per heavy atom. The van der Waals surface area contributed by atoms with Gasteiger partial charge in [0, 0.05) is 52.2 Å². The molecule has 0 bridgehead atoms. The van der Waals surface area contributed by atoms with Crippen molar-refractivity contribution in [1.29, 1.82) is 0 Å². The lowest BCUT2D eigenvalue weighted by atomic mass is 10.0. The Labute approximate surface area is 503 Å². The fraction of sp³-hybridized carbons (Fsp3) is 0.660. The van der Waals surface area contributed by atoms with E-state index in [0.29, 0.717) is 6.42 Å². The highest BCUT2D eigenvalue weighted by atomic mass is 16.2. The lowest BCUT2D eigenvalue weighted by molar-refractivity contribution is -0.136. The summed E-state index contributed by atoms with van der Waals surface area (Å²) >= 11 is 0. The van der Waals surface area contributed by atoms with E-state index in [4.69, 9.17) is 97.5 Å². The first-order valence-electron chi connectivity index (χ1n) is 27.8. The third-order valence-electron chi connectivity index (χ3n) is 12.1. The van der Waals surface area contributed by atoms with Gasteiger partial charge in [-0.05, 0) is 96.3 Å². The van der Waals surface area contributed by atoms with Crippen LogP contribution < -0.4 is 135 Å². The molecule has 40 nitrogen and oxygen atoms in total. The molecule has 0 aromatic heterocycles. The van der Waals surface area contributed by atoms with E-state index < -0.39 is 114 Å². The highest BCUT2D eigenvalue weighted by Gasteiger charge is 2.34. The van der Waals surface area contributed by atoms with Gasteiger partial charge in [0.2, 0.25) is 53.2 Å². The number of guanidine groups is 7. The minimum Gasteiger partial charge on any atom is -0.370 e. The summed E-state index contributed by atoms with van der Waals surface area (Å²) in [4.78, 5) is 151. The van der Waals surface area contributed by atoms with Gasteiger partial charge in [0.05, 0.1) is 6.04 Å². The summed E-state index contributed by atoms with van der Waals surface area (Å²) < 4.78 is 0. The van der Waals surface area contributed by atoms with Crippen LogP contribution in [0.3, 0.4) is 0 Å². The van der Waals surface area contributed by atoms with Crippen molar-refractivity contribution in [3.63, 3.8) is 0 Å². The van der Waals surface area contributed by atoms with Crippen LogP contribution >= 0.6 is 0 Å². The third kappa shape index (κ3) is 38.5. The maximum absolute atomic E-state index is 14.5. The molecule has 0 rings (SSSR count). The van der Waals surface area contributed by atoms with Crippen molar-refractivity contribution in [2.75, 3.05) is 45.8 Å². The van der Waals surface area contributed by atoms with Crippen molar-refractivity contribution in [1.82, 2.24) is 37.2 Å². The molecule has 0 spiro atoms. The van der Waals surface area contributed by atoms with Gasteiger partial charge in [-0.2, -0.15) is 0 Å². The number of carbonyl (C=O) groups excluding carboxylic acids is 9. The molecule has 0 aliphatic carbocycles. The van der Waals surface area contributed by atoms with Crippen LogP contribution in [0.15, 0.2) is 34.9 Å². The van der Waals surface area contributed by atoms with Gasteiger partial charge in [-0.3, -0.25) is 78.1 Å². The molecule has 0 fully saturated rings. The van der Waals surface area contributed by atoms with E-state index in [0.717, 1.165) is 0 Å². The quantitative estimate of drug-likeness (QED) is 0.0153. The van der Waals surface area contributed by atoms with Crippen LogP contribution in [0.1, 0.15) is 103 Å². The number of hydrogen-bond donors (Lipinski definition) is 24. The first-order chi connectivity index (χ1) is 40.9. The molecule has 8 atom stereocenters. The summed E-state index contributed by atoms with van der Waals surface area (Å²) in [6, 6.07) is -11.3. The smallest absolute Gasteiger partial charge is 0.243 e. The van der Waals surface area contributed by atoms with Crippen LogP contribution in [0.5, 0.6) is 0 Å².